The lowest BCUT2D eigenvalue weighted by molar-refractivity contribution is -0.135. The summed E-state index contributed by atoms with van der Waals surface area (Å²) >= 11 is 0. The Morgan fingerprint density at radius 3 is 2.28 bits per heavy atom. The van der Waals surface area contributed by atoms with Crippen LogP contribution in [-0.4, -0.2) is 26.0 Å². The number of hydrogen-bond donors (Lipinski definition) is 0. The van der Waals surface area contributed by atoms with Gasteiger partial charge in [-0.15, -0.1) is 0 Å². The Balaban J connectivity index is 2.45. The van der Waals surface area contributed by atoms with Crippen LogP contribution in [0.1, 0.15) is 10.4 Å². The number of methoxy groups -OCH3 is 2. The maximum absolute atomic E-state index is 11.6. The molecule has 0 saturated carbocycles. The Morgan fingerprint density at radius 1 is 0.944 bits per heavy atom. The van der Waals surface area contributed by atoms with Gasteiger partial charge in [-0.1, -0.05) is 18.2 Å². The number of benzene rings is 2. The number of carbonyl (C=O) groups excluding carboxylic acids is 2. The third-order valence-corrected chi connectivity index (χ3v) is 2.68. The number of esters is 1. The van der Waals surface area contributed by atoms with Gasteiger partial charge in [0.25, 0.3) is 5.78 Å². The predicted octanol–water partition coefficient (Wildman–Crippen LogP) is 2.20. The van der Waals surface area contributed by atoms with Crippen LogP contribution in [0.5, 0.6) is 5.75 Å². The molecule has 0 aliphatic carbocycles. The van der Waals surface area contributed by atoms with E-state index in [-0.39, 0.29) is 0 Å². The summed E-state index contributed by atoms with van der Waals surface area (Å²) in [7, 11) is 2.78. The molecule has 0 unspecified atom stereocenters. The minimum atomic E-state index is -0.858. The average Bonchev–Trinajstić information content (AvgIpc) is 2.44. The summed E-state index contributed by atoms with van der Waals surface area (Å²) in [6, 6.07) is 10.5. The van der Waals surface area contributed by atoms with Gasteiger partial charge in [0.1, 0.15) is 5.75 Å². The molecule has 2 rings (SSSR count). The molecule has 0 aliphatic rings. The van der Waals surface area contributed by atoms with E-state index in [1.54, 1.807) is 31.4 Å². The quantitative estimate of drug-likeness (QED) is 0.472. The maximum atomic E-state index is 11.6. The second-order valence-corrected chi connectivity index (χ2v) is 3.75. The molecule has 0 saturated heterocycles. The largest absolute Gasteiger partial charge is 0.497 e. The van der Waals surface area contributed by atoms with Crippen molar-refractivity contribution in [1.82, 2.24) is 0 Å². The lowest BCUT2D eigenvalue weighted by atomic mass is 10.0. The van der Waals surface area contributed by atoms with Gasteiger partial charge in [0.15, 0.2) is 0 Å². The van der Waals surface area contributed by atoms with Crippen LogP contribution in [0, 0.1) is 0 Å². The van der Waals surface area contributed by atoms with Gasteiger partial charge in [-0.3, -0.25) is 4.79 Å². The normalized spacial score (nSPS) is 10.1. The van der Waals surface area contributed by atoms with E-state index in [9.17, 15) is 9.59 Å². The molecule has 0 amide bonds. The molecule has 0 bridgehead atoms. The van der Waals surface area contributed by atoms with Gasteiger partial charge in [-0.05, 0) is 29.0 Å². The monoisotopic (exact) mass is 244 g/mol. The fraction of sp³-hybridized carbons (Fsp3) is 0.143. The Hall–Kier alpha value is -2.36. The summed E-state index contributed by atoms with van der Waals surface area (Å²) in [6.45, 7) is 0. The summed E-state index contributed by atoms with van der Waals surface area (Å²) in [5.41, 5.74) is 0.319. The Kier molecular flexibility index (Phi) is 3.28. The first-order valence-electron chi connectivity index (χ1n) is 5.36. The average molecular weight is 244 g/mol. The van der Waals surface area contributed by atoms with Gasteiger partial charge in [0.2, 0.25) is 0 Å². The second kappa shape index (κ2) is 4.87. The molecule has 4 heteroatoms. The smallest absolute Gasteiger partial charge is 0.379 e. The van der Waals surface area contributed by atoms with Crippen molar-refractivity contribution in [3.05, 3.63) is 42.0 Å². The van der Waals surface area contributed by atoms with Crippen molar-refractivity contribution in [2.24, 2.45) is 0 Å². The van der Waals surface area contributed by atoms with Crippen LogP contribution >= 0.6 is 0 Å². The fourth-order valence-electron chi connectivity index (χ4n) is 1.70. The molecule has 0 heterocycles. The van der Waals surface area contributed by atoms with Crippen LogP contribution in [0.3, 0.4) is 0 Å². The van der Waals surface area contributed by atoms with Crippen molar-refractivity contribution in [3.63, 3.8) is 0 Å². The molecule has 0 fully saturated rings. The lowest BCUT2D eigenvalue weighted by Gasteiger charge is -2.04. The maximum Gasteiger partial charge on any atom is 0.379 e. The van der Waals surface area contributed by atoms with E-state index in [1.807, 2.05) is 12.1 Å². The van der Waals surface area contributed by atoms with E-state index in [2.05, 4.69) is 4.74 Å². The highest BCUT2D eigenvalue weighted by atomic mass is 16.5. The van der Waals surface area contributed by atoms with Gasteiger partial charge < -0.3 is 9.47 Å². The lowest BCUT2D eigenvalue weighted by Crippen LogP contribution is -2.15. The highest BCUT2D eigenvalue weighted by Gasteiger charge is 2.16. The van der Waals surface area contributed by atoms with Crippen molar-refractivity contribution < 1.29 is 19.1 Å². The summed E-state index contributed by atoms with van der Waals surface area (Å²) < 4.78 is 9.52. The second-order valence-electron chi connectivity index (χ2n) is 3.75. The zero-order valence-electron chi connectivity index (χ0n) is 10.1. The summed E-state index contributed by atoms with van der Waals surface area (Å²) in [4.78, 5) is 22.8. The van der Waals surface area contributed by atoms with Crippen LogP contribution < -0.4 is 4.74 Å². The van der Waals surface area contributed by atoms with E-state index in [0.29, 0.717) is 5.56 Å². The van der Waals surface area contributed by atoms with Gasteiger partial charge >= 0.3 is 5.97 Å². The predicted molar refractivity (Wildman–Crippen MR) is 66.8 cm³/mol. The molecule has 0 atom stereocenters. The Bertz CT molecular complexity index is 616. The SMILES string of the molecule is COC(=O)C(=O)c1ccc2cc(OC)ccc2c1. The first kappa shape index (κ1) is 12.1. The fourth-order valence-corrected chi connectivity index (χ4v) is 1.70. The number of fused-ring (bicyclic) bond motifs is 1. The number of carbonyl (C=O) groups is 2. The minimum absolute atomic E-state index is 0.319. The summed E-state index contributed by atoms with van der Waals surface area (Å²) in [5, 5.41) is 1.81. The molecule has 0 aliphatic heterocycles. The van der Waals surface area contributed by atoms with Crippen LogP contribution in [0.25, 0.3) is 10.8 Å². The minimum Gasteiger partial charge on any atom is -0.497 e. The van der Waals surface area contributed by atoms with Crippen LogP contribution in [-0.2, 0) is 9.53 Å². The summed E-state index contributed by atoms with van der Waals surface area (Å²) in [6.07, 6.45) is 0. The van der Waals surface area contributed by atoms with Crippen LogP contribution in [0.2, 0.25) is 0 Å². The van der Waals surface area contributed by atoms with Crippen LogP contribution in [0.15, 0.2) is 36.4 Å². The summed E-state index contributed by atoms with van der Waals surface area (Å²) in [5.74, 6) is -0.757. The van der Waals surface area contributed by atoms with Gasteiger partial charge in [-0.2, -0.15) is 0 Å². The molecular formula is C14H12O4. The van der Waals surface area contributed by atoms with Gasteiger partial charge in [-0.25, -0.2) is 4.79 Å². The Labute approximate surface area is 104 Å². The van der Waals surface area contributed by atoms with E-state index in [0.717, 1.165) is 16.5 Å². The van der Waals surface area contributed by atoms with E-state index in [1.165, 1.54) is 7.11 Å². The molecule has 92 valence electrons. The zero-order chi connectivity index (χ0) is 13.1. The first-order chi connectivity index (χ1) is 8.65. The molecule has 4 nitrogen and oxygen atoms in total. The molecule has 0 aromatic heterocycles. The third-order valence-electron chi connectivity index (χ3n) is 2.68. The van der Waals surface area contributed by atoms with Crippen molar-refractivity contribution in [2.45, 2.75) is 0 Å². The molecule has 0 radical (unpaired) electrons. The molecular weight excluding hydrogens is 232 g/mol. The molecule has 2 aromatic carbocycles. The molecule has 2 aromatic rings. The third kappa shape index (κ3) is 2.18. The number of ketones is 1. The number of Topliss-reactive ketones (excluding diaryl/α,β-unsaturated/α-hetero) is 1. The molecule has 0 N–H and O–H groups in total. The van der Waals surface area contributed by atoms with Gasteiger partial charge in [0, 0.05) is 5.56 Å². The van der Waals surface area contributed by atoms with Crippen molar-refractivity contribution in [1.29, 1.82) is 0 Å². The van der Waals surface area contributed by atoms with Crippen molar-refractivity contribution in [3.8, 4) is 5.75 Å². The highest BCUT2D eigenvalue weighted by Crippen LogP contribution is 2.22. The van der Waals surface area contributed by atoms with Crippen molar-refractivity contribution >= 4 is 22.5 Å². The first-order valence-corrected chi connectivity index (χ1v) is 5.36. The van der Waals surface area contributed by atoms with Crippen molar-refractivity contribution in [2.75, 3.05) is 14.2 Å². The number of rotatable bonds is 3. The van der Waals surface area contributed by atoms with Crippen LogP contribution in [0.4, 0.5) is 0 Å². The zero-order valence-corrected chi connectivity index (χ0v) is 10.1. The highest BCUT2D eigenvalue weighted by molar-refractivity contribution is 6.40. The van der Waals surface area contributed by atoms with E-state index in [4.69, 9.17) is 4.74 Å². The molecule has 18 heavy (non-hydrogen) atoms. The van der Waals surface area contributed by atoms with E-state index >= 15 is 0 Å². The van der Waals surface area contributed by atoms with E-state index < -0.39 is 11.8 Å². The Morgan fingerprint density at radius 2 is 1.61 bits per heavy atom. The topological polar surface area (TPSA) is 52.6 Å². The number of ether oxygens (including phenoxy) is 2. The number of hydrogen-bond acceptors (Lipinski definition) is 4. The standard InChI is InChI=1S/C14H12O4/c1-17-12-6-5-9-7-11(4-3-10(9)8-12)13(15)14(16)18-2/h3-8H,1-2H3. The van der Waals surface area contributed by atoms with Gasteiger partial charge in [0.05, 0.1) is 14.2 Å². The molecule has 0 spiro atoms.